The average molecular weight is 230 g/mol. The molecule has 1 atom stereocenters. The van der Waals surface area contributed by atoms with Gasteiger partial charge in [0.1, 0.15) is 0 Å². The molecule has 90 valence electrons. The minimum Gasteiger partial charge on any atom is -0.317 e. The smallest absolute Gasteiger partial charge is 0.0730 e. The Kier molecular flexibility index (Phi) is 3.54. The molecule has 0 spiro atoms. The summed E-state index contributed by atoms with van der Waals surface area (Å²) in [6.07, 6.45) is 2.74. The third kappa shape index (κ3) is 2.71. The second kappa shape index (κ2) is 5.10. The molecule has 0 saturated heterocycles. The van der Waals surface area contributed by atoms with Crippen LogP contribution in [-0.4, -0.2) is 28.1 Å². The Balaban J connectivity index is 2.27. The fourth-order valence-corrected chi connectivity index (χ4v) is 1.71. The predicted octanol–water partition coefficient (Wildman–Crippen LogP) is 1.73. The number of rotatable bonds is 4. The third-order valence-electron chi connectivity index (χ3n) is 2.91. The maximum Gasteiger partial charge on any atom is 0.0730 e. The minimum atomic E-state index is 0.415. The summed E-state index contributed by atoms with van der Waals surface area (Å²) in [5.74, 6) is 0. The second-order valence-electron chi connectivity index (χ2n) is 4.37. The van der Waals surface area contributed by atoms with Crippen molar-refractivity contribution in [3.8, 4) is 5.69 Å². The van der Waals surface area contributed by atoms with Crippen molar-refractivity contribution < 1.29 is 0 Å². The SMILES string of the molecule is CNC(C)Cc1cnnn1-c1ccc(C)cc1. The fraction of sp³-hybridized carbons (Fsp3) is 0.385. The van der Waals surface area contributed by atoms with Crippen molar-refractivity contribution in [1.82, 2.24) is 20.3 Å². The lowest BCUT2D eigenvalue weighted by Gasteiger charge is -2.11. The van der Waals surface area contributed by atoms with E-state index in [0.717, 1.165) is 17.8 Å². The molecule has 1 N–H and O–H groups in total. The van der Waals surface area contributed by atoms with Crippen LogP contribution in [0.2, 0.25) is 0 Å². The topological polar surface area (TPSA) is 42.7 Å². The summed E-state index contributed by atoms with van der Waals surface area (Å²) in [5, 5.41) is 11.4. The van der Waals surface area contributed by atoms with Crippen molar-refractivity contribution in [2.75, 3.05) is 7.05 Å². The first-order valence-electron chi connectivity index (χ1n) is 5.84. The number of aryl methyl sites for hydroxylation is 1. The molecule has 0 radical (unpaired) electrons. The van der Waals surface area contributed by atoms with Crippen LogP contribution < -0.4 is 5.32 Å². The van der Waals surface area contributed by atoms with Crippen molar-refractivity contribution in [2.24, 2.45) is 0 Å². The van der Waals surface area contributed by atoms with Gasteiger partial charge in [-0.15, -0.1) is 5.10 Å². The van der Waals surface area contributed by atoms with E-state index in [1.165, 1.54) is 5.56 Å². The maximum atomic E-state index is 4.14. The van der Waals surface area contributed by atoms with Crippen LogP contribution in [0.3, 0.4) is 0 Å². The molecule has 2 aromatic rings. The normalized spacial score (nSPS) is 12.6. The summed E-state index contributed by atoms with van der Waals surface area (Å²) in [5.41, 5.74) is 3.43. The van der Waals surface area contributed by atoms with Gasteiger partial charge in [0, 0.05) is 12.5 Å². The molecule has 0 amide bonds. The number of hydrogen-bond acceptors (Lipinski definition) is 3. The number of likely N-dealkylation sites (N-methyl/N-ethyl adjacent to an activating group) is 1. The summed E-state index contributed by atoms with van der Waals surface area (Å²) in [6, 6.07) is 8.72. The number of hydrogen-bond donors (Lipinski definition) is 1. The lowest BCUT2D eigenvalue weighted by Crippen LogP contribution is -2.24. The van der Waals surface area contributed by atoms with Crippen LogP contribution >= 0.6 is 0 Å². The zero-order valence-electron chi connectivity index (χ0n) is 10.5. The Hall–Kier alpha value is -1.68. The van der Waals surface area contributed by atoms with Crippen molar-refractivity contribution in [3.05, 3.63) is 41.7 Å². The van der Waals surface area contributed by atoms with Gasteiger partial charge in [-0.1, -0.05) is 22.9 Å². The van der Waals surface area contributed by atoms with Crippen LogP contribution in [0.4, 0.5) is 0 Å². The van der Waals surface area contributed by atoms with Crippen LogP contribution in [-0.2, 0) is 6.42 Å². The molecule has 0 aliphatic heterocycles. The van der Waals surface area contributed by atoms with Crippen molar-refractivity contribution in [2.45, 2.75) is 26.3 Å². The first-order chi connectivity index (χ1) is 8.20. The van der Waals surface area contributed by atoms with E-state index in [2.05, 4.69) is 53.7 Å². The van der Waals surface area contributed by atoms with E-state index in [0.29, 0.717) is 6.04 Å². The highest BCUT2D eigenvalue weighted by Gasteiger charge is 2.09. The average Bonchev–Trinajstić information content (AvgIpc) is 2.78. The zero-order valence-corrected chi connectivity index (χ0v) is 10.5. The molecule has 0 aliphatic carbocycles. The molecular weight excluding hydrogens is 212 g/mol. The molecule has 0 fully saturated rings. The van der Waals surface area contributed by atoms with Gasteiger partial charge in [-0.25, -0.2) is 4.68 Å². The summed E-state index contributed by atoms with van der Waals surface area (Å²) in [7, 11) is 1.96. The molecule has 4 nitrogen and oxygen atoms in total. The van der Waals surface area contributed by atoms with E-state index in [1.807, 2.05) is 17.9 Å². The van der Waals surface area contributed by atoms with Crippen LogP contribution in [0.25, 0.3) is 5.69 Å². The first kappa shape index (κ1) is 11.8. The number of benzene rings is 1. The highest BCUT2D eigenvalue weighted by atomic mass is 15.4. The number of aromatic nitrogens is 3. The Morgan fingerprint density at radius 3 is 2.65 bits per heavy atom. The molecule has 0 saturated carbocycles. The Labute approximate surface area is 102 Å². The number of nitrogens with zero attached hydrogens (tertiary/aromatic N) is 3. The minimum absolute atomic E-state index is 0.415. The van der Waals surface area contributed by atoms with E-state index < -0.39 is 0 Å². The lowest BCUT2D eigenvalue weighted by atomic mass is 10.2. The maximum absolute atomic E-state index is 4.14. The molecule has 1 aromatic heterocycles. The molecule has 17 heavy (non-hydrogen) atoms. The highest BCUT2D eigenvalue weighted by Crippen LogP contribution is 2.11. The Morgan fingerprint density at radius 2 is 2.00 bits per heavy atom. The van der Waals surface area contributed by atoms with Gasteiger partial charge in [-0.3, -0.25) is 0 Å². The van der Waals surface area contributed by atoms with E-state index in [4.69, 9.17) is 0 Å². The molecular formula is C13H18N4. The summed E-state index contributed by atoms with van der Waals surface area (Å²) < 4.78 is 1.90. The van der Waals surface area contributed by atoms with E-state index in [1.54, 1.807) is 0 Å². The fourth-order valence-electron chi connectivity index (χ4n) is 1.71. The Bertz CT molecular complexity index is 472. The molecule has 0 aliphatic rings. The zero-order chi connectivity index (χ0) is 12.3. The van der Waals surface area contributed by atoms with E-state index in [-0.39, 0.29) is 0 Å². The van der Waals surface area contributed by atoms with Gasteiger partial charge in [0.05, 0.1) is 17.6 Å². The van der Waals surface area contributed by atoms with E-state index >= 15 is 0 Å². The van der Waals surface area contributed by atoms with Crippen LogP contribution in [0.1, 0.15) is 18.2 Å². The quantitative estimate of drug-likeness (QED) is 0.869. The summed E-state index contributed by atoms with van der Waals surface area (Å²) >= 11 is 0. The largest absolute Gasteiger partial charge is 0.317 e. The van der Waals surface area contributed by atoms with Crippen molar-refractivity contribution >= 4 is 0 Å². The van der Waals surface area contributed by atoms with Crippen LogP contribution in [0.5, 0.6) is 0 Å². The van der Waals surface area contributed by atoms with Gasteiger partial charge < -0.3 is 5.32 Å². The molecule has 1 unspecified atom stereocenters. The third-order valence-corrected chi connectivity index (χ3v) is 2.91. The molecule has 2 rings (SSSR count). The van der Waals surface area contributed by atoms with Crippen molar-refractivity contribution in [1.29, 1.82) is 0 Å². The molecule has 1 aromatic carbocycles. The van der Waals surface area contributed by atoms with Gasteiger partial charge in [-0.05, 0) is 33.0 Å². The van der Waals surface area contributed by atoms with Gasteiger partial charge in [0.25, 0.3) is 0 Å². The predicted molar refractivity (Wildman–Crippen MR) is 68.3 cm³/mol. The molecule has 4 heteroatoms. The van der Waals surface area contributed by atoms with Crippen molar-refractivity contribution in [3.63, 3.8) is 0 Å². The molecule has 0 bridgehead atoms. The lowest BCUT2D eigenvalue weighted by molar-refractivity contribution is 0.588. The summed E-state index contributed by atoms with van der Waals surface area (Å²) in [4.78, 5) is 0. The standard InChI is InChI=1S/C13H18N4/c1-10-4-6-12(7-5-10)17-13(9-15-16-17)8-11(2)14-3/h4-7,9,11,14H,8H2,1-3H3. The summed E-state index contributed by atoms with van der Waals surface area (Å²) in [6.45, 7) is 4.22. The van der Waals surface area contributed by atoms with Crippen LogP contribution in [0.15, 0.2) is 30.5 Å². The van der Waals surface area contributed by atoms with Gasteiger partial charge in [0.15, 0.2) is 0 Å². The molecule has 1 heterocycles. The van der Waals surface area contributed by atoms with Gasteiger partial charge in [-0.2, -0.15) is 0 Å². The van der Waals surface area contributed by atoms with Crippen LogP contribution in [0, 0.1) is 6.92 Å². The van der Waals surface area contributed by atoms with Gasteiger partial charge >= 0.3 is 0 Å². The highest BCUT2D eigenvalue weighted by molar-refractivity contribution is 5.34. The monoisotopic (exact) mass is 230 g/mol. The Morgan fingerprint density at radius 1 is 1.29 bits per heavy atom. The first-order valence-corrected chi connectivity index (χ1v) is 5.84. The number of nitrogens with one attached hydrogen (secondary N) is 1. The van der Waals surface area contributed by atoms with Gasteiger partial charge in [0.2, 0.25) is 0 Å². The second-order valence-corrected chi connectivity index (χ2v) is 4.37. The van der Waals surface area contributed by atoms with E-state index in [9.17, 15) is 0 Å².